The summed E-state index contributed by atoms with van der Waals surface area (Å²) in [4.78, 5) is 1.11. The molecule has 0 bridgehead atoms. The third kappa shape index (κ3) is 3.16. The molecule has 0 aliphatic heterocycles. The molecule has 1 aromatic heterocycles. The summed E-state index contributed by atoms with van der Waals surface area (Å²) in [6.07, 6.45) is 2.91. The second-order valence-electron chi connectivity index (χ2n) is 4.90. The molecule has 0 amide bonds. The van der Waals surface area contributed by atoms with E-state index in [1.807, 2.05) is 6.20 Å². The highest BCUT2D eigenvalue weighted by atomic mass is 32.1. The molecule has 1 heterocycles. The Hall–Kier alpha value is -1.46. The van der Waals surface area contributed by atoms with Crippen molar-refractivity contribution in [1.82, 2.24) is 14.9 Å². The Kier molecular flexibility index (Phi) is 5.09. The summed E-state index contributed by atoms with van der Waals surface area (Å²) in [6, 6.07) is 4.36. The molecule has 1 atom stereocenters. The summed E-state index contributed by atoms with van der Waals surface area (Å²) < 4.78 is 9.58. The van der Waals surface area contributed by atoms with E-state index in [-0.39, 0.29) is 6.04 Å². The van der Waals surface area contributed by atoms with E-state index in [1.165, 1.54) is 28.2 Å². The number of nitrogens with zero attached hydrogens (tertiary/aromatic N) is 2. The third-order valence-corrected chi connectivity index (χ3v) is 3.99. The van der Waals surface area contributed by atoms with Gasteiger partial charge in [0.25, 0.3) is 0 Å². The van der Waals surface area contributed by atoms with Crippen molar-refractivity contribution in [3.63, 3.8) is 0 Å². The normalized spacial score (nSPS) is 12.4. The Bertz CT molecular complexity index is 554. The summed E-state index contributed by atoms with van der Waals surface area (Å²) in [6.45, 7) is 7.31. The fourth-order valence-corrected chi connectivity index (χ4v) is 3.00. The van der Waals surface area contributed by atoms with Crippen molar-refractivity contribution in [3.8, 4) is 5.75 Å². The Morgan fingerprint density at radius 1 is 1.35 bits per heavy atom. The van der Waals surface area contributed by atoms with Crippen LogP contribution in [0.25, 0.3) is 0 Å². The fraction of sp³-hybridized carbons (Fsp3) is 0.467. The van der Waals surface area contributed by atoms with Gasteiger partial charge in [-0.05, 0) is 55.5 Å². The van der Waals surface area contributed by atoms with Gasteiger partial charge in [0.1, 0.15) is 5.75 Å². The van der Waals surface area contributed by atoms with Crippen molar-refractivity contribution in [1.29, 1.82) is 0 Å². The van der Waals surface area contributed by atoms with Gasteiger partial charge in [0.15, 0.2) is 0 Å². The van der Waals surface area contributed by atoms with Crippen LogP contribution in [0.15, 0.2) is 18.3 Å². The van der Waals surface area contributed by atoms with Crippen molar-refractivity contribution < 1.29 is 4.74 Å². The van der Waals surface area contributed by atoms with E-state index < -0.39 is 0 Å². The summed E-state index contributed by atoms with van der Waals surface area (Å²) in [5.74, 6) is 0.921. The molecule has 2 aromatic rings. The quantitative estimate of drug-likeness (QED) is 0.887. The maximum atomic E-state index is 5.59. The lowest BCUT2D eigenvalue weighted by molar-refractivity contribution is 0.403. The molecular formula is C15H21N3OS. The lowest BCUT2D eigenvalue weighted by Gasteiger charge is -2.22. The molecule has 1 N–H and O–H groups in total. The minimum absolute atomic E-state index is 0.0884. The molecule has 0 saturated carbocycles. The maximum Gasteiger partial charge on any atom is 0.124 e. The van der Waals surface area contributed by atoms with E-state index in [2.05, 4.69) is 47.8 Å². The Morgan fingerprint density at radius 3 is 2.75 bits per heavy atom. The molecule has 2 rings (SSSR count). The smallest absolute Gasteiger partial charge is 0.124 e. The van der Waals surface area contributed by atoms with E-state index in [0.717, 1.165) is 23.6 Å². The predicted molar refractivity (Wildman–Crippen MR) is 82.5 cm³/mol. The van der Waals surface area contributed by atoms with Gasteiger partial charge in [-0.3, -0.25) is 0 Å². The zero-order valence-corrected chi connectivity index (χ0v) is 13.3. The zero-order valence-electron chi connectivity index (χ0n) is 12.4. The lowest BCUT2D eigenvalue weighted by Crippen LogP contribution is -2.23. The molecule has 0 aliphatic rings. The summed E-state index contributed by atoms with van der Waals surface area (Å²) >= 11 is 1.43. The second kappa shape index (κ2) is 6.81. The molecule has 0 aliphatic carbocycles. The molecule has 1 aromatic carbocycles. The first-order valence-electron chi connectivity index (χ1n) is 6.83. The molecule has 0 radical (unpaired) electrons. The summed E-state index contributed by atoms with van der Waals surface area (Å²) in [5, 5.41) is 7.54. The van der Waals surface area contributed by atoms with E-state index >= 15 is 0 Å². The van der Waals surface area contributed by atoms with Crippen LogP contribution >= 0.6 is 11.5 Å². The predicted octanol–water partition coefficient (Wildman–Crippen LogP) is 3.25. The molecule has 108 valence electrons. The number of aromatic nitrogens is 2. The van der Waals surface area contributed by atoms with Gasteiger partial charge in [-0.25, -0.2) is 0 Å². The Morgan fingerprint density at radius 2 is 2.15 bits per heavy atom. The summed E-state index contributed by atoms with van der Waals surface area (Å²) in [5.41, 5.74) is 3.61. The average Bonchev–Trinajstić information content (AvgIpc) is 2.94. The van der Waals surface area contributed by atoms with Gasteiger partial charge in [0.05, 0.1) is 24.2 Å². The van der Waals surface area contributed by atoms with Crippen LogP contribution in [0.3, 0.4) is 0 Å². The van der Waals surface area contributed by atoms with Crippen LogP contribution in [0.4, 0.5) is 0 Å². The largest absolute Gasteiger partial charge is 0.496 e. The van der Waals surface area contributed by atoms with Crippen molar-refractivity contribution in [2.45, 2.75) is 33.2 Å². The van der Waals surface area contributed by atoms with E-state index in [0.29, 0.717) is 0 Å². The minimum Gasteiger partial charge on any atom is -0.496 e. The van der Waals surface area contributed by atoms with Crippen molar-refractivity contribution in [3.05, 3.63) is 39.9 Å². The Balaban J connectivity index is 2.48. The van der Waals surface area contributed by atoms with Crippen LogP contribution in [-0.4, -0.2) is 23.2 Å². The van der Waals surface area contributed by atoms with Crippen LogP contribution < -0.4 is 10.1 Å². The second-order valence-corrected chi connectivity index (χ2v) is 5.72. The van der Waals surface area contributed by atoms with Gasteiger partial charge in [-0.1, -0.05) is 17.5 Å². The minimum atomic E-state index is 0.0884. The molecule has 5 heteroatoms. The SMILES string of the molecule is CCCNC(c1cnns1)c1c(C)cc(C)cc1OC. The standard InChI is InChI=1S/C15H21N3OS/c1-5-6-16-15(13-9-17-18-20-13)14-11(3)7-10(2)8-12(14)19-4/h7-9,15-16H,5-6H2,1-4H3. The Labute approximate surface area is 124 Å². The van der Waals surface area contributed by atoms with Gasteiger partial charge < -0.3 is 10.1 Å². The van der Waals surface area contributed by atoms with E-state index in [4.69, 9.17) is 4.74 Å². The van der Waals surface area contributed by atoms with Crippen molar-refractivity contribution >= 4 is 11.5 Å². The van der Waals surface area contributed by atoms with Gasteiger partial charge in [0.2, 0.25) is 0 Å². The van der Waals surface area contributed by atoms with Gasteiger partial charge in [-0.15, -0.1) is 5.10 Å². The molecule has 0 fully saturated rings. The zero-order chi connectivity index (χ0) is 14.5. The molecule has 1 unspecified atom stereocenters. The first-order valence-corrected chi connectivity index (χ1v) is 7.60. The molecule has 0 spiro atoms. The number of hydrogen-bond acceptors (Lipinski definition) is 5. The highest BCUT2D eigenvalue weighted by molar-refractivity contribution is 7.05. The van der Waals surface area contributed by atoms with Crippen LogP contribution in [0.5, 0.6) is 5.75 Å². The van der Waals surface area contributed by atoms with E-state index in [1.54, 1.807) is 7.11 Å². The number of ether oxygens (including phenoxy) is 1. The fourth-order valence-electron chi connectivity index (χ4n) is 2.41. The van der Waals surface area contributed by atoms with Crippen LogP contribution in [0, 0.1) is 13.8 Å². The highest BCUT2D eigenvalue weighted by Gasteiger charge is 2.22. The number of aryl methyl sites for hydroxylation is 2. The van der Waals surface area contributed by atoms with Crippen LogP contribution in [0.2, 0.25) is 0 Å². The van der Waals surface area contributed by atoms with Crippen LogP contribution in [0.1, 0.15) is 41.0 Å². The van der Waals surface area contributed by atoms with Crippen molar-refractivity contribution in [2.75, 3.05) is 13.7 Å². The van der Waals surface area contributed by atoms with Gasteiger partial charge in [0, 0.05) is 5.56 Å². The number of rotatable bonds is 6. The number of nitrogens with one attached hydrogen (secondary N) is 1. The molecule has 4 nitrogen and oxygen atoms in total. The topological polar surface area (TPSA) is 47.0 Å². The first-order chi connectivity index (χ1) is 9.67. The average molecular weight is 291 g/mol. The monoisotopic (exact) mass is 291 g/mol. The van der Waals surface area contributed by atoms with E-state index in [9.17, 15) is 0 Å². The lowest BCUT2D eigenvalue weighted by atomic mass is 9.97. The highest BCUT2D eigenvalue weighted by Crippen LogP contribution is 2.34. The molecular weight excluding hydrogens is 270 g/mol. The third-order valence-electron chi connectivity index (χ3n) is 3.26. The molecule has 0 saturated heterocycles. The maximum absolute atomic E-state index is 5.59. The first kappa shape index (κ1) is 14.9. The van der Waals surface area contributed by atoms with Gasteiger partial charge in [-0.2, -0.15) is 0 Å². The number of methoxy groups -OCH3 is 1. The number of hydrogen-bond donors (Lipinski definition) is 1. The molecule has 20 heavy (non-hydrogen) atoms. The van der Waals surface area contributed by atoms with Crippen LogP contribution in [-0.2, 0) is 0 Å². The van der Waals surface area contributed by atoms with Gasteiger partial charge >= 0.3 is 0 Å². The number of benzene rings is 1. The van der Waals surface area contributed by atoms with Crippen molar-refractivity contribution in [2.24, 2.45) is 0 Å². The summed E-state index contributed by atoms with van der Waals surface area (Å²) in [7, 11) is 1.72.